The lowest BCUT2D eigenvalue weighted by molar-refractivity contribution is 0.0941. The van der Waals surface area contributed by atoms with Crippen LogP contribution in [0.3, 0.4) is 0 Å². The zero-order valence-corrected chi connectivity index (χ0v) is 14.6. The van der Waals surface area contributed by atoms with Crippen LogP contribution in [0.25, 0.3) is 0 Å². The fraction of sp³-hybridized carbons (Fsp3) is 0.500. The van der Waals surface area contributed by atoms with Gasteiger partial charge in [-0.25, -0.2) is 13.1 Å². The van der Waals surface area contributed by atoms with Gasteiger partial charge in [-0.05, 0) is 44.5 Å². The van der Waals surface area contributed by atoms with Gasteiger partial charge in [0, 0.05) is 24.2 Å². The molecule has 4 N–H and O–H groups in total. The van der Waals surface area contributed by atoms with Crippen LogP contribution in [-0.2, 0) is 10.0 Å². The monoisotopic (exact) mass is 349 g/mol. The zero-order chi connectivity index (χ0) is 16.0. The van der Waals surface area contributed by atoms with Crippen molar-refractivity contribution in [3.05, 3.63) is 29.8 Å². The van der Waals surface area contributed by atoms with Crippen molar-refractivity contribution in [3.63, 3.8) is 0 Å². The van der Waals surface area contributed by atoms with Gasteiger partial charge >= 0.3 is 0 Å². The molecule has 0 saturated carbocycles. The fourth-order valence-electron chi connectivity index (χ4n) is 1.57. The van der Waals surface area contributed by atoms with Crippen molar-refractivity contribution >= 4 is 28.3 Å². The molecule has 1 amide bonds. The summed E-state index contributed by atoms with van der Waals surface area (Å²) in [4.78, 5) is 12.0. The molecule has 0 bridgehead atoms. The molecule has 0 aromatic heterocycles. The lowest BCUT2D eigenvalue weighted by Gasteiger charge is -2.13. The molecule has 0 spiro atoms. The number of nitrogens with two attached hydrogens (primary N) is 1. The molecule has 0 fully saturated rings. The van der Waals surface area contributed by atoms with Gasteiger partial charge in [-0.2, -0.15) is 0 Å². The molecule has 1 unspecified atom stereocenters. The van der Waals surface area contributed by atoms with Gasteiger partial charge in [0.2, 0.25) is 10.0 Å². The molecule has 22 heavy (non-hydrogen) atoms. The quantitative estimate of drug-likeness (QED) is 0.689. The van der Waals surface area contributed by atoms with Crippen molar-refractivity contribution in [2.24, 2.45) is 5.73 Å². The van der Waals surface area contributed by atoms with E-state index in [4.69, 9.17) is 5.73 Å². The molecule has 8 heteroatoms. The van der Waals surface area contributed by atoms with Crippen LogP contribution in [0.1, 0.15) is 37.6 Å². The number of hydrogen-bond acceptors (Lipinski definition) is 4. The maximum absolute atomic E-state index is 12.1. The summed E-state index contributed by atoms with van der Waals surface area (Å²) >= 11 is 0. The van der Waals surface area contributed by atoms with Gasteiger partial charge in [0.05, 0.1) is 4.90 Å². The third-order valence-corrected chi connectivity index (χ3v) is 4.73. The molecule has 0 heterocycles. The Labute approximate surface area is 138 Å². The maximum Gasteiger partial charge on any atom is 0.251 e. The lowest BCUT2D eigenvalue weighted by atomic mass is 10.2. The second kappa shape index (κ2) is 9.09. The molecule has 1 rings (SSSR count). The smallest absolute Gasteiger partial charge is 0.251 e. The summed E-state index contributed by atoms with van der Waals surface area (Å²) in [5.41, 5.74) is 5.84. The number of benzene rings is 1. The summed E-state index contributed by atoms with van der Waals surface area (Å²) in [6.07, 6.45) is 0.705. The average Bonchev–Trinajstić information content (AvgIpc) is 2.46. The first-order valence-electron chi connectivity index (χ1n) is 6.93. The van der Waals surface area contributed by atoms with E-state index in [0.717, 1.165) is 0 Å². The molecular weight excluding hydrogens is 326 g/mol. The van der Waals surface area contributed by atoms with Crippen LogP contribution in [0.15, 0.2) is 29.2 Å². The van der Waals surface area contributed by atoms with E-state index < -0.39 is 10.0 Å². The standard InChI is InChI=1S/C14H23N3O3S.ClH/c1-4-10(2)17-21(19,20)13-7-5-12(6-8-13)14(18)16-11(3)9-15;/h5-8,10-11,17H,4,9,15H2,1-3H3,(H,16,18);1H/t10?,11-;/m0./s1. The Bertz CT molecular complexity index is 576. The second-order valence-corrected chi connectivity index (χ2v) is 6.78. The highest BCUT2D eigenvalue weighted by Crippen LogP contribution is 2.11. The first-order valence-corrected chi connectivity index (χ1v) is 8.41. The van der Waals surface area contributed by atoms with Gasteiger partial charge in [-0.1, -0.05) is 6.92 Å². The van der Waals surface area contributed by atoms with Crippen LogP contribution in [0.5, 0.6) is 0 Å². The largest absolute Gasteiger partial charge is 0.348 e. The van der Waals surface area contributed by atoms with Crippen molar-refractivity contribution in [3.8, 4) is 0 Å². The third-order valence-electron chi connectivity index (χ3n) is 3.13. The minimum absolute atomic E-state index is 0. The fourth-order valence-corrected chi connectivity index (χ4v) is 2.89. The van der Waals surface area contributed by atoms with E-state index in [9.17, 15) is 13.2 Å². The summed E-state index contributed by atoms with van der Waals surface area (Å²) in [6.45, 7) is 5.84. The Balaban J connectivity index is 0.00000441. The van der Waals surface area contributed by atoms with Gasteiger partial charge < -0.3 is 11.1 Å². The van der Waals surface area contributed by atoms with Crippen molar-refractivity contribution in [2.45, 2.75) is 44.2 Å². The summed E-state index contributed by atoms with van der Waals surface area (Å²) in [6, 6.07) is 5.56. The topological polar surface area (TPSA) is 101 Å². The van der Waals surface area contributed by atoms with E-state index in [0.29, 0.717) is 18.5 Å². The van der Waals surface area contributed by atoms with Crippen molar-refractivity contribution < 1.29 is 13.2 Å². The van der Waals surface area contributed by atoms with Gasteiger partial charge in [-0.15, -0.1) is 12.4 Å². The summed E-state index contributed by atoms with van der Waals surface area (Å²) in [5, 5.41) is 2.72. The van der Waals surface area contributed by atoms with Gasteiger partial charge in [-0.3, -0.25) is 4.79 Å². The SMILES string of the molecule is CCC(C)NS(=O)(=O)c1ccc(C(=O)N[C@@H](C)CN)cc1.Cl. The highest BCUT2D eigenvalue weighted by molar-refractivity contribution is 7.89. The minimum atomic E-state index is -3.54. The minimum Gasteiger partial charge on any atom is -0.348 e. The lowest BCUT2D eigenvalue weighted by Crippen LogP contribution is -2.37. The molecule has 1 aromatic rings. The Morgan fingerprint density at radius 2 is 1.73 bits per heavy atom. The number of carbonyl (C=O) groups excluding carboxylic acids is 1. The maximum atomic E-state index is 12.1. The Hall–Kier alpha value is -1.15. The highest BCUT2D eigenvalue weighted by Gasteiger charge is 2.17. The first-order chi connectivity index (χ1) is 9.80. The Morgan fingerprint density at radius 3 is 2.18 bits per heavy atom. The normalized spacial score (nSPS) is 13.8. The first kappa shape index (κ1) is 20.9. The number of rotatable bonds is 7. The van der Waals surface area contributed by atoms with E-state index in [1.165, 1.54) is 24.3 Å². The number of amides is 1. The van der Waals surface area contributed by atoms with Crippen LogP contribution in [0.4, 0.5) is 0 Å². The summed E-state index contributed by atoms with van der Waals surface area (Å²) in [7, 11) is -3.54. The predicted octanol–water partition coefficient (Wildman–Crippen LogP) is 1.26. The molecule has 2 atom stereocenters. The van der Waals surface area contributed by atoms with E-state index >= 15 is 0 Å². The molecule has 1 aromatic carbocycles. The van der Waals surface area contributed by atoms with E-state index in [-0.39, 0.29) is 35.3 Å². The van der Waals surface area contributed by atoms with Crippen molar-refractivity contribution in [1.82, 2.24) is 10.0 Å². The third kappa shape index (κ3) is 5.92. The van der Waals surface area contributed by atoms with E-state index in [1.807, 2.05) is 6.92 Å². The second-order valence-electron chi connectivity index (χ2n) is 5.07. The van der Waals surface area contributed by atoms with Gasteiger partial charge in [0.1, 0.15) is 0 Å². The van der Waals surface area contributed by atoms with Crippen LogP contribution < -0.4 is 15.8 Å². The van der Waals surface area contributed by atoms with Crippen LogP contribution in [0.2, 0.25) is 0 Å². The van der Waals surface area contributed by atoms with Crippen LogP contribution >= 0.6 is 12.4 Å². The molecule has 0 aliphatic carbocycles. The number of carbonyl (C=O) groups is 1. The number of sulfonamides is 1. The molecule has 0 saturated heterocycles. The van der Waals surface area contributed by atoms with E-state index in [2.05, 4.69) is 10.0 Å². The van der Waals surface area contributed by atoms with Gasteiger partial charge in [0.15, 0.2) is 0 Å². The van der Waals surface area contributed by atoms with E-state index in [1.54, 1.807) is 13.8 Å². The molecule has 0 radical (unpaired) electrons. The number of hydrogen-bond donors (Lipinski definition) is 3. The predicted molar refractivity (Wildman–Crippen MR) is 89.7 cm³/mol. The van der Waals surface area contributed by atoms with Crippen molar-refractivity contribution in [1.29, 1.82) is 0 Å². The zero-order valence-electron chi connectivity index (χ0n) is 13.0. The number of nitrogens with one attached hydrogen (secondary N) is 2. The van der Waals surface area contributed by atoms with Crippen LogP contribution in [0, 0.1) is 0 Å². The van der Waals surface area contributed by atoms with Crippen LogP contribution in [-0.4, -0.2) is 33.0 Å². The van der Waals surface area contributed by atoms with Gasteiger partial charge in [0.25, 0.3) is 5.91 Å². The number of halogens is 1. The Kier molecular flexibility index (Phi) is 8.62. The summed E-state index contributed by atoms with van der Waals surface area (Å²) in [5.74, 6) is -0.271. The molecule has 6 nitrogen and oxygen atoms in total. The average molecular weight is 350 g/mol. The molecule has 0 aliphatic rings. The molecular formula is C14H24ClN3O3S. The highest BCUT2D eigenvalue weighted by atomic mass is 35.5. The Morgan fingerprint density at radius 1 is 1.18 bits per heavy atom. The molecule has 0 aliphatic heterocycles. The molecule has 126 valence electrons. The van der Waals surface area contributed by atoms with Crippen molar-refractivity contribution in [2.75, 3.05) is 6.54 Å². The summed E-state index contributed by atoms with van der Waals surface area (Å²) < 4.78 is 26.7.